The van der Waals surface area contributed by atoms with Gasteiger partial charge in [0.1, 0.15) is 16.4 Å². The van der Waals surface area contributed by atoms with Crippen molar-refractivity contribution < 1.29 is 9.53 Å². The van der Waals surface area contributed by atoms with Crippen LogP contribution in [-0.4, -0.2) is 10.5 Å². The zero-order chi connectivity index (χ0) is 22.6. The minimum Gasteiger partial charge on any atom is -0.457 e. The number of nitrogens with zero attached hydrogens (tertiary/aromatic N) is 1. The molecule has 162 valence electrons. The first-order valence-corrected chi connectivity index (χ1v) is 11.6. The molecule has 2 aromatic heterocycles. The third-order valence-corrected chi connectivity index (χ3v) is 6.30. The molecule has 1 amide bonds. The lowest BCUT2D eigenvalue weighted by molar-refractivity contribution is 0.103. The number of para-hydroxylation sites is 1. The zero-order valence-corrected chi connectivity index (χ0v) is 19.0. The van der Waals surface area contributed by atoms with Crippen LogP contribution >= 0.6 is 22.9 Å². The molecule has 5 aromatic rings. The van der Waals surface area contributed by atoms with Gasteiger partial charge in [-0.1, -0.05) is 41.9 Å². The Morgan fingerprint density at radius 1 is 0.818 bits per heavy atom. The van der Waals surface area contributed by atoms with Gasteiger partial charge in [-0.05, 0) is 66.2 Å². The van der Waals surface area contributed by atoms with Gasteiger partial charge in [-0.3, -0.25) is 4.79 Å². The third kappa shape index (κ3) is 4.70. The van der Waals surface area contributed by atoms with Crippen LogP contribution in [0, 0.1) is 0 Å². The summed E-state index contributed by atoms with van der Waals surface area (Å²) in [5, 5.41) is 5.69. The number of nitrogens with one attached hydrogen (secondary N) is 1. The fourth-order valence-corrected chi connectivity index (χ4v) is 4.60. The highest BCUT2D eigenvalue weighted by molar-refractivity contribution is 7.13. The van der Waals surface area contributed by atoms with Gasteiger partial charge >= 0.3 is 0 Å². The summed E-state index contributed by atoms with van der Waals surface area (Å²) >= 11 is 7.48. The monoisotopic (exact) mass is 470 g/mol. The van der Waals surface area contributed by atoms with Gasteiger partial charge < -0.3 is 14.6 Å². The number of hydrogen-bond donors (Lipinski definition) is 1. The van der Waals surface area contributed by atoms with Gasteiger partial charge in [0.25, 0.3) is 5.91 Å². The molecule has 33 heavy (non-hydrogen) atoms. The van der Waals surface area contributed by atoms with Crippen LogP contribution in [0.1, 0.15) is 9.67 Å². The second kappa shape index (κ2) is 9.36. The molecule has 5 rings (SSSR count). The Morgan fingerprint density at radius 2 is 1.48 bits per heavy atom. The Labute approximate surface area is 200 Å². The highest BCUT2D eigenvalue weighted by Crippen LogP contribution is 2.36. The number of carbonyl (C=O) groups is 1. The van der Waals surface area contributed by atoms with E-state index in [0.717, 1.165) is 22.6 Å². The van der Waals surface area contributed by atoms with Gasteiger partial charge in [0, 0.05) is 34.0 Å². The second-order valence-corrected chi connectivity index (χ2v) is 8.63. The molecular formula is C27H19ClN2O2S. The van der Waals surface area contributed by atoms with E-state index in [2.05, 4.69) is 5.32 Å². The minimum atomic E-state index is -0.166. The minimum absolute atomic E-state index is 0.166. The Morgan fingerprint density at radius 3 is 2.18 bits per heavy atom. The Balaban J connectivity index is 1.40. The van der Waals surface area contributed by atoms with Crippen LogP contribution in [0.4, 0.5) is 5.69 Å². The number of benzene rings is 3. The lowest BCUT2D eigenvalue weighted by Gasteiger charge is -2.11. The molecule has 3 aromatic carbocycles. The molecule has 0 radical (unpaired) electrons. The van der Waals surface area contributed by atoms with Crippen LogP contribution in [0.25, 0.3) is 16.8 Å². The van der Waals surface area contributed by atoms with Gasteiger partial charge in [-0.15, -0.1) is 11.3 Å². The first-order valence-electron chi connectivity index (χ1n) is 10.3. The Kier molecular flexibility index (Phi) is 5.98. The molecular weight excluding hydrogens is 452 g/mol. The van der Waals surface area contributed by atoms with Gasteiger partial charge in [0.15, 0.2) is 0 Å². The molecule has 0 unspecified atom stereocenters. The number of hydrogen-bond acceptors (Lipinski definition) is 3. The van der Waals surface area contributed by atoms with Gasteiger partial charge in [-0.2, -0.15) is 0 Å². The van der Waals surface area contributed by atoms with Gasteiger partial charge in [0.2, 0.25) is 0 Å². The van der Waals surface area contributed by atoms with E-state index in [-0.39, 0.29) is 5.91 Å². The molecule has 1 N–H and O–H groups in total. The van der Waals surface area contributed by atoms with Crippen molar-refractivity contribution in [3.05, 3.63) is 119 Å². The Hall–Kier alpha value is -3.80. The molecule has 0 aliphatic rings. The largest absolute Gasteiger partial charge is 0.457 e. The summed E-state index contributed by atoms with van der Waals surface area (Å²) in [6, 6.07) is 28.4. The van der Waals surface area contributed by atoms with E-state index in [0.29, 0.717) is 21.3 Å². The van der Waals surface area contributed by atoms with Crippen LogP contribution in [0.3, 0.4) is 0 Å². The Bertz CT molecular complexity index is 1360. The van der Waals surface area contributed by atoms with Crippen molar-refractivity contribution in [1.82, 2.24) is 4.57 Å². The first-order chi connectivity index (χ1) is 16.2. The van der Waals surface area contributed by atoms with Crippen LogP contribution in [0.2, 0.25) is 5.02 Å². The fourth-order valence-electron chi connectivity index (χ4n) is 3.51. The van der Waals surface area contributed by atoms with Crippen molar-refractivity contribution in [1.29, 1.82) is 0 Å². The lowest BCUT2D eigenvalue weighted by Crippen LogP contribution is -2.12. The molecule has 0 spiro atoms. The van der Waals surface area contributed by atoms with Crippen molar-refractivity contribution >= 4 is 34.5 Å². The smallest absolute Gasteiger partial charge is 0.267 e. The molecule has 0 atom stereocenters. The van der Waals surface area contributed by atoms with Gasteiger partial charge in [0.05, 0.1) is 5.69 Å². The van der Waals surface area contributed by atoms with E-state index < -0.39 is 0 Å². The predicted octanol–water partition coefficient (Wildman–Crippen LogP) is 7.90. The summed E-state index contributed by atoms with van der Waals surface area (Å²) in [4.78, 5) is 13.9. The number of ether oxygens (including phenoxy) is 1. The number of anilines is 1. The molecule has 0 saturated carbocycles. The molecule has 0 aliphatic heterocycles. The van der Waals surface area contributed by atoms with E-state index in [1.807, 2.05) is 113 Å². The van der Waals surface area contributed by atoms with Crippen molar-refractivity contribution in [3.63, 3.8) is 0 Å². The maximum absolute atomic E-state index is 13.2. The summed E-state index contributed by atoms with van der Waals surface area (Å²) in [7, 11) is 0. The molecule has 0 bridgehead atoms. The zero-order valence-electron chi connectivity index (χ0n) is 17.4. The normalized spacial score (nSPS) is 10.7. The van der Waals surface area contributed by atoms with Crippen molar-refractivity contribution in [3.8, 4) is 28.3 Å². The topological polar surface area (TPSA) is 43.3 Å². The number of aromatic nitrogens is 1. The van der Waals surface area contributed by atoms with E-state index >= 15 is 0 Å². The molecule has 0 aliphatic carbocycles. The second-order valence-electron chi connectivity index (χ2n) is 7.32. The quantitative estimate of drug-likeness (QED) is 0.274. The summed E-state index contributed by atoms with van der Waals surface area (Å²) in [5.74, 6) is 1.30. The summed E-state index contributed by atoms with van der Waals surface area (Å²) in [6.45, 7) is 0. The van der Waals surface area contributed by atoms with Crippen LogP contribution in [0.5, 0.6) is 11.5 Å². The average Bonchev–Trinajstić information content (AvgIpc) is 3.51. The number of carbonyl (C=O) groups excluding carboxylic acids is 1. The fraction of sp³-hybridized carbons (Fsp3) is 0. The highest BCUT2D eigenvalue weighted by atomic mass is 35.5. The van der Waals surface area contributed by atoms with Crippen LogP contribution in [-0.2, 0) is 0 Å². The molecule has 2 heterocycles. The average molecular weight is 471 g/mol. The highest BCUT2D eigenvalue weighted by Gasteiger charge is 2.20. The maximum atomic E-state index is 13.2. The number of rotatable bonds is 6. The van der Waals surface area contributed by atoms with E-state index in [9.17, 15) is 4.79 Å². The number of amides is 1. The molecule has 4 nitrogen and oxygen atoms in total. The SMILES string of the molecule is O=C(Nc1ccc(Oc2ccccc2)cc1)c1scc(-c2ccc(Cl)cc2)c1-n1cccc1. The van der Waals surface area contributed by atoms with Crippen molar-refractivity contribution in [2.75, 3.05) is 5.32 Å². The molecule has 0 saturated heterocycles. The maximum Gasteiger partial charge on any atom is 0.267 e. The molecule has 6 heteroatoms. The van der Waals surface area contributed by atoms with Crippen LogP contribution < -0.4 is 10.1 Å². The summed E-state index contributed by atoms with van der Waals surface area (Å²) < 4.78 is 7.79. The third-order valence-electron chi connectivity index (χ3n) is 5.08. The predicted molar refractivity (Wildman–Crippen MR) is 135 cm³/mol. The number of thiophene rings is 1. The standard InChI is InChI=1S/C27H19ClN2O2S/c28-20-10-8-19(9-11-20)24-18-33-26(25(24)30-16-4-5-17-30)27(31)29-21-12-14-23(15-13-21)32-22-6-2-1-3-7-22/h1-18H,(H,29,31). The lowest BCUT2D eigenvalue weighted by atomic mass is 10.1. The molecule has 0 fully saturated rings. The van der Waals surface area contributed by atoms with E-state index in [4.69, 9.17) is 16.3 Å². The van der Waals surface area contributed by atoms with E-state index in [1.165, 1.54) is 11.3 Å². The summed E-state index contributed by atoms with van der Waals surface area (Å²) in [6.07, 6.45) is 3.88. The van der Waals surface area contributed by atoms with Crippen molar-refractivity contribution in [2.45, 2.75) is 0 Å². The van der Waals surface area contributed by atoms with E-state index in [1.54, 1.807) is 0 Å². The first kappa shape index (κ1) is 21.1. The van der Waals surface area contributed by atoms with Gasteiger partial charge in [-0.25, -0.2) is 0 Å². The number of halogens is 1. The van der Waals surface area contributed by atoms with Crippen LogP contribution in [0.15, 0.2) is 109 Å². The van der Waals surface area contributed by atoms with Crippen molar-refractivity contribution in [2.24, 2.45) is 0 Å². The summed E-state index contributed by atoms with van der Waals surface area (Å²) in [5.41, 5.74) is 3.51.